The van der Waals surface area contributed by atoms with Gasteiger partial charge in [-0.2, -0.15) is 0 Å². The predicted molar refractivity (Wildman–Crippen MR) is 183 cm³/mol. The van der Waals surface area contributed by atoms with E-state index in [0.29, 0.717) is 23.6 Å². The van der Waals surface area contributed by atoms with Crippen molar-refractivity contribution in [2.45, 2.75) is 96.1 Å². The lowest BCUT2D eigenvalue weighted by atomic mass is 9.88. The van der Waals surface area contributed by atoms with Crippen LogP contribution in [0.25, 0.3) is 10.8 Å². The molecule has 5 rings (SSSR count). The van der Waals surface area contributed by atoms with Gasteiger partial charge in [-0.05, 0) is 70.4 Å². The van der Waals surface area contributed by atoms with Crippen LogP contribution in [0.3, 0.4) is 0 Å². The zero-order chi connectivity index (χ0) is 37.2. The smallest absolute Gasteiger partial charge is 0.408 e. The summed E-state index contributed by atoms with van der Waals surface area (Å²) in [5.74, 6) is -3.17. The second-order valence-corrected chi connectivity index (χ2v) is 15.4. The SMILES string of the molecule is COc1cc(F)cc2c(OC3CC4C(=O)NC5(C(=O)NS(=O)[O-])CC5C=CCCC(C)CC(C)C(NC(=O)OC(C)(C)C)C(=O)N4C3)nccc12. The van der Waals surface area contributed by atoms with Gasteiger partial charge in [0.15, 0.2) is 0 Å². The second kappa shape index (κ2) is 15.1. The molecule has 8 unspecified atom stereocenters. The molecule has 3 heterocycles. The van der Waals surface area contributed by atoms with E-state index in [1.165, 1.54) is 30.3 Å². The maximum Gasteiger partial charge on any atom is 0.408 e. The zero-order valence-corrected chi connectivity index (χ0v) is 30.3. The molecule has 0 bridgehead atoms. The summed E-state index contributed by atoms with van der Waals surface area (Å²) >= 11 is -2.93. The van der Waals surface area contributed by atoms with Gasteiger partial charge in [0.05, 0.1) is 19.0 Å². The number of aromatic nitrogens is 1. The van der Waals surface area contributed by atoms with E-state index < -0.39 is 76.1 Å². The largest absolute Gasteiger partial charge is 0.755 e. The number of benzene rings is 1. The molecule has 278 valence electrons. The first-order valence-corrected chi connectivity index (χ1v) is 18.1. The van der Waals surface area contributed by atoms with Gasteiger partial charge in [-0.25, -0.2) is 14.2 Å². The van der Waals surface area contributed by atoms with Gasteiger partial charge in [0.25, 0.3) is 5.91 Å². The number of hydrogen-bond donors (Lipinski definition) is 3. The fourth-order valence-corrected chi connectivity index (χ4v) is 7.36. The van der Waals surface area contributed by atoms with Crippen LogP contribution < -0.4 is 24.8 Å². The molecule has 3 aliphatic rings. The molecule has 3 N–H and O–H groups in total. The lowest BCUT2D eigenvalue weighted by Crippen LogP contribution is -2.59. The summed E-state index contributed by atoms with van der Waals surface area (Å²) < 4.78 is 56.5. The number of nitrogens with one attached hydrogen (secondary N) is 3. The molecular weight excluding hydrogens is 685 g/mol. The van der Waals surface area contributed by atoms with Crippen molar-refractivity contribution in [1.82, 2.24) is 25.2 Å². The minimum Gasteiger partial charge on any atom is -0.755 e. The van der Waals surface area contributed by atoms with E-state index in [1.807, 2.05) is 24.6 Å². The first-order valence-electron chi connectivity index (χ1n) is 17.0. The highest BCUT2D eigenvalue weighted by molar-refractivity contribution is 7.77. The Hall–Kier alpha value is -4.31. The predicted octanol–water partition coefficient (Wildman–Crippen LogP) is 3.42. The molecule has 0 radical (unpaired) electrons. The van der Waals surface area contributed by atoms with Gasteiger partial charge in [-0.3, -0.25) is 23.3 Å². The number of nitrogens with zero attached hydrogens (tertiary/aromatic N) is 2. The number of carbonyl (C=O) groups is 4. The molecule has 8 atom stereocenters. The van der Waals surface area contributed by atoms with Crippen LogP contribution in [-0.2, 0) is 30.4 Å². The number of hydrogen-bond acceptors (Lipinski definition) is 10. The summed E-state index contributed by atoms with van der Waals surface area (Å²) in [6.45, 7) is 8.88. The van der Waals surface area contributed by atoms with E-state index in [2.05, 4.69) is 15.6 Å². The molecule has 2 aliphatic heterocycles. The monoisotopic (exact) mass is 730 g/mol. The molecule has 0 spiro atoms. The number of methoxy groups -OCH3 is 1. The van der Waals surface area contributed by atoms with Crippen LogP contribution in [0, 0.1) is 23.6 Å². The number of halogens is 1. The highest BCUT2D eigenvalue weighted by atomic mass is 32.2. The second-order valence-electron chi connectivity index (χ2n) is 14.7. The Balaban J connectivity index is 1.52. The molecule has 14 nitrogen and oxygen atoms in total. The third kappa shape index (κ3) is 8.78. The number of rotatable bonds is 6. The molecule has 2 fully saturated rings. The van der Waals surface area contributed by atoms with Gasteiger partial charge < -0.3 is 34.3 Å². The average molecular weight is 731 g/mol. The van der Waals surface area contributed by atoms with Crippen LogP contribution in [0.2, 0.25) is 0 Å². The number of pyridine rings is 1. The molecule has 1 aliphatic carbocycles. The first kappa shape index (κ1) is 37.9. The van der Waals surface area contributed by atoms with Crippen molar-refractivity contribution in [1.29, 1.82) is 0 Å². The van der Waals surface area contributed by atoms with Gasteiger partial charge in [-0.1, -0.05) is 26.0 Å². The minimum absolute atomic E-state index is 0.0534. The van der Waals surface area contributed by atoms with E-state index >= 15 is 0 Å². The standard InChI is InChI=1S/C35H46FN5O9S/c1-19-9-7-8-10-21-17-35(21,32(44)40-51(46)47)39-29(42)26-16-23(49-30-25-14-22(36)15-27(48-6)24(25)11-12-37-30)18-41(26)31(43)28(20(2)13-19)38-33(45)50-34(3,4)5/h8,10-12,14-15,19-21,23,26,28H,7,9,13,16-18H2,1-6H3,(H,38,45)(H,39,42)(H,40,44)(H,46,47)/p-1. The van der Waals surface area contributed by atoms with Gasteiger partial charge in [0.1, 0.15) is 40.9 Å². The number of carbonyl (C=O) groups excluding carboxylic acids is 4. The van der Waals surface area contributed by atoms with Crippen molar-refractivity contribution in [3.05, 3.63) is 42.4 Å². The molecule has 1 saturated carbocycles. The molecule has 1 aromatic heterocycles. The summed E-state index contributed by atoms with van der Waals surface area (Å²) in [5, 5.41) is 6.36. The Kier molecular flexibility index (Phi) is 11.2. The summed E-state index contributed by atoms with van der Waals surface area (Å²) in [4.78, 5) is 60.7. The third-order valence-corrected chi connectivity index (χ3v) is 9.89. The summed E-state index contributed by atoms with van der Waals surface area (Å²) in [5.41, 5.74) is -2.40. The van der Waals surface area contributed by atoms with Gasteiger partial charge >= 0.3 is 6.09 Å². The molecule has 1 aromatic carbocycles. The van der Waals surface area contributed by atoms with Crippen molar-refractivity contribution in [2.75, 3.05) is 13.7 Å². The van der Waals surface area contributed by atoms with Gasteiger partial charge in [-0.15, -0.1) is 0 Å². The van der Waals surface area contributed by atoms with Crippen LogP contribution >= 0.6 is 0 Å². The van der Waals surface area contributed by atoms with Crippen molar-refractivity contribution >= 4 is 45.9 Å². The number of amides is 4. The molecule has 4 amide bonds. The minimum atomic E-state index is -2.93. The molecule has 51 heavy (non-hydrogen) atoms. The first-order chi connectivity index (χ1) is 24.0. The van der Waals surface area contributed by atoms with Crippen LogP contribution in [0.15, 0.2) is 36.5 Å². The Morgan fingerprint density at radius 1 is 1.18 bits per heavy atom. The average Bonchev–Trinajstić information content (AvgIpc) is 3.57. The lowest BCUT2D eigenvalue weighted by Gasteiger charge is -2.33. The fraction of sp³-hybridized carbons (Fsp3) is 0.571. The lowest BCUT2D eigenvalue weighted by molar-refractivity contribution is -0.142. The van der Waals surface area contributed by atoms with E-state index in [0.717, 1.165) is 6.42 Å². The maximum atomic E-state index is 14.6. The van der Waals surface area contributed by atoms with Crippen molar-refractivity contribution in [3.63, 3.8) is 0 Å². The Morgan fingerprint density at radius 2 is 1.92 bits per heavy atom. The quantitative estimate of drug-likeness (QED) is 0.294. The summed E-state index contributed by atoms with van der Waals surface area (Å²) in [7, 11) is 1.41. The number of ether oxygens (including phenoxy) is 3. The number of fused-ring (bicyclic) bond motifs is 3. The van der Waals surface area contributed by atoms with Gasteiger partial charge in [0.2, 0.25) is 17.7 Å². The normalized spacial score (nSPS) is 29.1. The fourth-order valence-electron chi connectivity index (χ4n) is 7.03. The van der Waals surface area contributed by atoms with E-state index in [9.17, 15) is 32.3 Å². The van der Waals surface area contributed by atoms with Crippen molar-refractivity contribution in [3.8, 4) is 11.6 Å². The van der Waals surface area contributed by atoms with Crippen LogP contribution in [0.5, 0.6) is 11.6 Å². The maximum absolute atomic E-state index is 14.6. The molecule has 2 aromatic rings. The van der Waals surface area contributed by atoms with Crippen molar-refractivity contribution in [2.24, 2.45) is 17.8 Å². The molecule has 16 heteroatoms. The van der Waals surface area contributed by atoms with E-state index in [-0.39, 0.29) is 42.9 Å². The molecule has 1 saturated heterocycles. The van der Waals surface area contributed by atoms with E-state index in [4.69, 9.17) is 14.2 Å². The summed E-state index contributed by atoms with van der Waals surface area (Å²) in [6.07, 6.45) is 5.59. The Bertz CT molecular complexity index is 1730. The topological polar surface area (TPSA) is 188 Å². The zero-order valence-electron chi connectivity index (χ0n) is 29.5. The Morgan fingerprint density at radius 3 is 2.61 bits per heavy atom. The summed E-state index contributed by atoms with van der Waals surface area (Å²) in [6, 6.07) is 1.83. The van der Waals surface area contributed by atoms with Gasteiger partial charge in [0, 0.05) is 41.3 Å². The highest BCUT2D eigenvalue weighted by Crippen LogP contribution is 2.46. The number of alkyl carbamates (subject to hydrolysis) is 1. The highest BCUT2D eigenvalue weighted by Gasteiger charge is 2.61. The van der Waals surface area contributed by atoms with Crippen LogP contribution in [0.1, 0.15) is 66.7 Å². The number of allylic oxidation sites excluding steroid dienone is 1. The van der Waals surface area contributed by atoms with E-state index in [1.54, 1.807) is 32.9 Å². The van der Waals surface area contributed by atoms with Crippen molar-refractivity contribution < 1.29 is 46.5 Å². The van der Waals surface area contributed by atoms with Crippen LogP contribution in [-0.4, -0.2) is 85.4 Å². The molecular formula is C35H45FN5O9S-. The third-order valence-electron chi connectivity index (χ3n) is 9.54. The van der Waals surface area contributed by atoms with Crippen LogP contribution in [0.4, 0.5) is 9.18 Å². The Labute approximate surface area is 298 Å².